The maximum absolute atomic E-state index is 13.2. The van der Waals surface area contributed by atoms with E-state index in [-0.39, 0.29) is 29.7 Å². The van der Waals surface area contributed by atoms with Gasteiger partial charge in [-0.05, 0) is 44.2 Å². The average Bonchev–Trinajstić information content (AvgIpc) is 2.63. The van der Waals surface area contributed by atoms with E-state index in [0.717, 1.165) is 5.56 Å². The van der Waals surface area contributed by atoms with Gasteiger partial charge in [-0.3, -0.25) is 9.79 Å². The van der Waals surface area contributed by atoms with Crippen LogP contribution in [0.4, 0.5) is 0 Å². The van der Waals surface area contributed by atoms with Crippen LogP contribution in [0.2, 0.25) is 0 Å². The molecule has 0 unspecified atom stereocenters. The molecule has 0 radical (unpaired) electrons. The first-order valence-corrected chi connectivity index (χ1v) is 10.9. The SMILES string of the molecule is Cc1ccc(S(=O)(=O)N(C(=O)[C@@H](N)CC(C)C)[C@H](C=O)CCCN=C(N)N)cc1. The first-order chi connectivity index (χ1) is 13.5. The van der Waals surface area contributed by atoms with Gasteiger partial charge in [0, 0.05) is 6.54 Å². The molecular formula is C19H31N5O4S. The van der Waals surface area contributed by atoms with E-state index in [4.69, 9.17) is 17.2 Å². The van der Waals surface area contributed by atoms with Gasteiger partial charge in [0.05, 0.1) is 10.9 Å². The minimum atomic E-state index is -4.28. The van der Waals surface area contributed by atoms with Crippen LogP contribution in [0.25, 0.3) is 0 Å². The van der Waals surface area contributed by atoms with Gasteiger partial charge in [-0.15, -0.1) is 0 Å². The molecule has 0 aliphatic rings. The fourth-order valence-corrected chi connectivity index (χ4v) is 4.40. The smallest absolute Gasteiger partial charge is 0.267 e. The maximum atomic E-state index is 13.2. The number of amides is 1. The number of nitrogens with zero attached hydrogens (tertiary/aromatic N) is 2. The summed E-state index contributed by atoms with van der Waals surface area (Å²) in [5.74, 6) is -0.834. The molecule has 0 saturated heterocycles. The monoisotopic (exact) mass is 425 g/mol. The van der Waals surface area contributed by atoms with E-state index in [1.165, 1.54) is 12.1 Å². The van der Waals surface area contributed by atoms with Crippen molar-refractivity contribution >= 4 is 28.2 Å². The Kier molecular flexibility index (Phi) is 9.25. The first kappa shape index (κ1) is 24.6. The Balaban J connectivity index is 3.28. The number of rotatable bonds is 11. The van der Waals surface area contributed by atoms with Crippen LogP contribution in [-0.2, 0) is 19.6 Å². The second kappa shape index (κ2) is 10.9. The molecule has 0 aliphatic heterocycles. The Hall–Kier alpha value is -2.46. The van der Waals surface area contributed by atoms with Crippen molar-refractivity contribution in [1.29, 1.82) is 0 Å². The summed E-state index contributed by atoms with van der Waals surface area (Å²) in [5, 5.41) is 0. The van der Waals surface area contributed by atoms with Gasteiger partial charge in [0.25, 0.3) is 15.9 Å². The van der Waals surface area contributed by atoms with Gasteiger partial charge >= 0.3 is 0 Å². The molecule has 29 heavy (non-hydrogen) atoms. The molecule has 0 aliphatic carbocycles. The molecule has 0 saturated carbocycles. The quantitative estimate of drug-likeness (QED) is 0.201. The molecular weight excluding hydrogens is 394 g/mol. The van der Waals surface area contributed by atoms with Gasteiger partial charge in [0.1, 0.15) is 12.3 Å². The van der Waals surface area contributed by atoms with Gasteiger partial charge < -0.3 is 22.0 Å². The van der Waals surface area contributed by atoms with E-state index in [1.807, 2.05) is 20.8 Å². The minimum Gasteiger partial charge on any atom is -0.370 e. The highest BCUT2D eigenvalue weighted by molar-refractivity contribution is 7.89. The predicted octanol–water partition coefficient (Wildman–Crippen LogP) is 0.507. The highest BCUT2D eigenvalue weighted by Crippen LogP contribution is 2.22. The van der Waals surface area contributed by atoms with Crippen LogP contribution in [0, 0.1) is 12.8 Å². The first-order valence-electron chi connectivity index (χ1n) is 9.42. The van der Waals surface area contributed by atoms with Crippen LogP contribution < -0.4 is 17.2 Å². The fraction of sp³-hybridized carbons (Fsp3) is 0.526. The van der Waals surface area contributed by atoms with Gasteiger partial charge in [-0.25, -0.2) is 12.7 Å². The minimum absolute atomic E-state index is 0.0749. The zero-order valence-corrected chi connectivity index (χ0v) is 17.9. The summed E-state index contributed by atoms with van der Waals surface area (Å²) >= 11 is 0. The zero-order chi connectivity index (χ0) is 22.2. The third-order valence-electron chi connectivity index (χ3n) is 4.25. The lowest BCUT2D eigenvalue weighted by molar-refractivity contribution is -0.132. The second-order valence-corrected chi connectivity index (χ2v) is 9.16. The molecule has 1 amide bonds. The molecule has 0 aromatic heterocycles. The predicted molar refractivity (Wildman–Crippen MR) is 112 cm³/mol. The molecule has 1 aromatic rings. The van der Waals surface area contributed by atoms with E-state index < -0.39 is 28.0 Å². The number of benzene rings is 1. The summed E-state index contributed by atoms with van der Waals surface area (Å²) in [7, 11) is -4.28. The lowest BCUT2D eigenvalue weighted by atomic mass is 10.0. The number of aldehydes is 1. The van der Waals surface area contributed by atoms with Crippen molar-refractivity contribution in [3.63, 3.8) is 0 Å². The van der Waals surface area contributed by atoms with Crippen molar-refractivity contribution in [2.24, 2.45) is 28.1 Å². The van der Waals surface area contributed by atoms with Gasteiger partial charge in [0.15, 0.2) is 5.96 Å². The molecule has 1 aromatic carbocycles. The Morgan fingerprint density at radius 3 is 2.28 bits per heavy atom. The molecule has 162 valence electrons. The third kappa shape index (κ3) is 7.13. The highest BCUT2D eigenvalue weighted by Gasteiger charge is 2.38. The number of nitrogens with two attached hydrogens (primary N) is 3. The number of hydrogen-bond acceptors (Lipinski definition) is 6. The summed E-state index contributed by atoms with van der Waals surface area (Å²) < 4.78 is 27.1. The molecule has 10 heteroatoms. The fourth-order valence-electron chi connectivity index (χ4n) is 2.81. The van der Waals surface area contributed by atoms with E-state index in [1.54, 1.807) is 12.1 Å². The maximum Gasteiger partial charge on any atom is 0.267 e. The van der Waals surface area contributed by atoms with E-state index in [9.17, 15) is 18.0 Å². The zero-order valence-electron chi connectivity index (χ0n) is 17.1. The van der Waals surface area contributed by atoms with Gasteiger partial charge in [-0.1, -0.05) is 31.5 Å². The van der Waals surface area contributed by atoms with Crippen LogP contribution in [0.1, 0.15) is 38.7 Å². The number of carbonyl (C=O) groups excluding carboxylic acids is 2. The van der Waals surface area contributed by atoms with E-state index in [0.29, 0.717) is 23.4 Å². The van der Waals surface area contributed by atoms with Gasteiger partial charge in [0.2, 0.25) is 0 Å². The Labute approximate surface area is 172 Å². The lowest BCUT2D eigenvalue weighted by Crippen LogP contribution is -2.52. The van der Waals surface area contributed by atoms with Crippen molar-refractivity contribution in [2.75, 3.05) is 6.54 Å². The number of aryl methyl sites for hydroxylation is 1. The van der Waals surface area contributed by atoms with Crippen molar-refractivity contribution in [2.45, 2.75) is 57.0 Å². The van der Waals surface area contributed by atoms with Crippen molar-refractivity contribution < 1.29 is 18.0 Å². The molecule has 0 spiro atoms. The summed E-state index contributed by atoms with van der Waals surface area (Å²) in [4.78, 5) is 28.5. The van der Waals surface area contributed by atoms with Crippen LogP contribution in [0.5, 0.6) is 0 Å². The van der Waals surface area contributed by atoms with E-state index >= 15 is 0 Å². The van der Waals surface area contributed by atoms with Crippen molar-refractivity contribution in [3.8, 4) is 0 Å². The summed E-state index contributed by atoms with van der Waals surface area (Å²) in [6.07, 6.45) is 1.12. The number of hydrogen-bond donors (Lipinski definition) is 3. The highest BCUT2D eigenvalue weighted by atomic mass is 32.2. The molecule has 0 fully saturated rings. The molecule has 0 bridgehead atoms. The number of aliphatic imine (C=N–C) groups is 1. The van der Waals surface area contributed by atoms with Crippen molar-refractivity contribution in [3.05, 3.63) is 29.8 Å². The third-order valence-corrected chi connectivity index (χ3v) is 6.08. The molecule has 2 atom stereocenters. The standard InChI is InChI=1S/C19H31N5O4S/c1-13(2)11-17(20)18(26)24(15(12-25)5-4-10-23-19(21)22)29(27,28)16-8-6-14(3)7-9-16/h6-9,12-13,15,17H,4-5,10-11,20H2,1-3H3,(H4,21,22,23)/t15-,17-/m0/s1. The lowest BCUT2D eigenvalue weighted by Gasteiger charge is -2.30. The molecule has 1 rings (SSSR count). The molecule has 6 N–H and O–H groups in total. The number of carbonyl (C=O) groups is 2. The number of sulfonamides is 1. The Bertz CT molecular complexity index is 818. The van der Waals surface area contributed by atoms with Gasteiger partial charge in [-0.2, -0.15) is 0 Å². The topological polar surface area (TPSA) is 162 Å². The second-order valence-electron chi connectivity index (χ2n) is 7.34. The van der Waals surface area contributed by atoms with Crippen LogP contribution in [0.15, 0.2) is 34.2 Å². The molecule has 9 nitrogen and oxygen atoms in total. The normalized spacial score (nSPS) is 13.6. The van der Waals surface area contributed by atoms with Crippen LogP contribution in [-0.4, -0.2) is 49.5 Å². The summed E-state index contributed by atoms with van der Waals surface area (Å²) in [6.45, 7) is 5.77. The largest absolute Gasteiger partial charge is 0.370 e. The Morgan fingerprint density at radius 1 is 1.21 bits per heavy atom. The Morgan fingerprint density at radius 2 is 1.79 bits per heavy atom. The summed E-state index contributed by atoms with van der Waals surface area (Å²) in [6, 6.07) is 3.80. The van der Waals surface area contributed by atoms with Crippen LogP contribution in [0.3, 0.4) is 0 Å². The van der Waals surface area contributed by atoms with Crippen LogP contribution >= 0.6 is 0 Å². The number of guanidine groups is 1. The summed E-state index contributed by atoms with van der Waals surface area (Å²) in [5.41, 5.74) is 17.4. The van der Waals surface area contributed by atoms with E-state index in [2.05, 4.69) is 4.99 Å². The average molecular weight is 426 g/mol. The van der Waals surface area contributed by atoms with Crippen molar-refractivity contribution in [1.82, 2.24) is 4.31 Å². The molecule has 0 heterocycles.